The smallest absolute Gasteiger partial charge is 0.348 e. The lowest BCUT2D eigenvalue weighted by Crippen LogP contribution is -2.49. The molecule has 9 nitrogen and oxygen atoms in total. The van der Waals surface area contributed by atoms with Crippen molar-refractivity contribution < 1.29 is 17.9 Å². The number of esters is 1. The Morgan fingerprint density at radius 3 is 2.52 bits per heavy atom. The number of piperazine rings is 1. The van der Waals surface area contributed by atoms with Crippen molar-refractivity contribution in [3.8, 4) is 0 Å². The van der Waals surface area contributed by atoms with Gasteiger partial charge in [0.2, 0.25) is 10.0 Å². The summed E-state index contributed by atoms with van der Waals surface area (Å²) in [6.45, 7) is 9.23. The third-order valence-electron chi connectivity index (χ3n) is 5.25. The second-order valence-electron chi connectivity index (χ2n) is 6.92. The van der Waals surface area contributed by atoms with Crippen molar-refractivity contribution in [2.45, 2.75) is 33.7 Å². The highest BCUT2D eigenvalue weighted by molar-refractivity contribution is 7.89. The molecular weight excluding hydrogens is 416 g/mol. The molecule has 0 bridgehead atoms. The summed E-state index contributed by atoms with van der Waals surface area (Å²) in [5.41, 5.74) is 0.295. The van der Waals surface area contributed by atoms with Crippen LogP contribution < -0.4 is 5.56 Å². The first-order valence-corrected chi connectivity index (χ1v) is 12.0. The van der Waals surface area contributed by atoms with Crippen LogP contribution in [-0.4, -0.2) is 72.1 Å². The number of H-pyrrole nitrogens is 1. The Bertz CT molecular complexity index is 1070. The van der Waals surface area contributed by atoms with Crippen LogP contribution in [0.2, 0.25) is 0 Å². The summed E-state index contributed by atoms with van der Waals surface area (Å²) >= 11 is 1.16. The molecule has 1 saturated heterocycles. The van der Waals surface area contributed by atoms with Gasteiger partial charge in [0.25, 0.3) is 5.56 Å². The number of fused-ring (bicyclic) bond motifs is 1. The van der Waals surface area contributed by atoms with Gasteiger partial charge < -0.3 is 9.72 Å². The molecule has 0 amide bonds. The average Bonchev–Trinajstić information content (AvgIpc) is 3.04. The first-order valence-electron chi connectivity index (χ1n) is 9.61. The van der Waals surface area contributed by atoms with E-state index >= 15 is 0 Å². The largest absolute Gasteiger partial charge is 0.462 e. The van der Waals surface area contributed by atoms with Crippen LogP contribution in [0.1, 0.15) is 47.9 Å². The molecule has 1 fully saturated rings. The molecule has 1 N–H and O–H groups in total. The number of thiophene rings is 1. The van der Waals surface area contributed by atoms with E-state index in [1.54, 1.807) is 20.8 Å². The molecule has 2 aromatic heterocycles. The topological polar surface area (TPSA) is 113 Å². The monoisotopic (exact) mass is 442 g/mol. The molecule has 0 aromatic carbocycles. The van der Waals surface area contributed by atoms with Gasteiger partial charge in [-0.2, -0.15) is 4.31 Å². The number of sulfonamides is 1. The Morgan fingerprint density at radius 1 is 1.28 bits per heavy atom. The van der Waals surface area contributed by atoms with Crippen LogP contribution in [0, 0.1) is 6.92 Å². The van der Waals surface area contributed by atoms with Crippen LogP contribution in [0.3, 0.4) is 0 Å². The Kier molecular flexibility index (Phi) is 6.42. The van der Waals surface area contributed by atoms with E-state index in [9.17, 15) is 18.0 Å². The van der Waals surface area contributed by atoms with Crippen molar-refractivity contribution in [3.63, 3.8) is 0 Å². The van der Waals surface area contributed by atoms with Gasteiger partial charge in [0.05, 0.1) is 23.8 Å². The molecular formula is C18H26N4O5S2. The molecule has 0 spiro atoms. The predicted molar refractivity (Wildman–Crippen MR) is 112 cm³/mol. The van der Waals surface area contributed by atoms with Gasteiger partial charge in [-0.25, -0.2) is 18.2 Å². The first kappa shape index (κ1) is 21.9. The summed E-state index contributed by atoms with van der Waals surface area (Å²) in [4.78, 5) is 35.2. The van der Waals surface area contributed by atoms with Gasteiger partial charge in [-0.1, -0.05) is 0 Å². The van der Waals surface area contributed by atoms with Crippen LogP contribution >= 0.6 is 11.3 Å². The lowest BCUT2D eigenvalue weighted by molar-refractivity contribution is 0.0531. The molecule has 0 saturated carbocycles. The molecule has 2 aromatic rings. The molecule has 160 valence electrons. The second kappa shape index (κ2) is 8.50. The van der Waals surface area contributed by atoms with Gasteiger partial charge in [0.1, 0.15) is 15.5 Å². The lowest BCUT2D eigenvalue weighted by atomic mass is 10.2. The maximum Gasteiger partial charge on any atom is 0.348 e. The highest BCUT2D eigenvalue weighted by atomic mass is 32.2. The molecule has 1 atom stereocenters. The van der Waals surface area contributed by atoms with E-state index in [2.05, 4.69) is 14.9 Å². The van der Waals surface area contributed by atoms with E-state index < -0.39 is 16.0 Å². The lowest BCUT2D eigenvalue weighted by Gasteiger charge is -2.36. The number of nitrogens with zero attached hydrogens (tertiary/aromatic N) is 3. The summed E-state index contributed by atoms with van der Waals surface area (Å²) < 4.78 is 30.6. The molecule has 29 heavy (non-hydrogen) atoms. The summed E-state index contributed by atoms with van der Waals surface area (Å²) in [7, 11) is -3.19. The molecule has 1 unspecified atom stereocenters. The number of hydrogen-bond donors (Lipinski definition) is 1. The van der Waals surface area contributed by atoms with Crippen LogP contribution in [-0.2, 0) is 14.8 Å². The minimum absolute atomic E-state index is 0.0919. The maximum absolute atomic E-state index is 12.7. The van der Waals surface area contributed by atoms with E-state index in [1.807, 2.05) is 6.92 Å². The Labute approximate surface area is 173 Å². The number of nitrogens with one attached hydrogen (secondary N) is 1. The summed E-state index contributed by atoms with van der Waals surface area (Å²) in [5.74, 6) is 0.149. The number of aromatic amines is 1. The number of carbonyl (C=O) groups excluding carboxylic acids is 1. The van der Waals surface area contributed by atoms with Crippen LogP contribution in [0.25, 0.3) is 10.2 Å². The zero-order chi connectivity index (χ0) is 21.3. The third kappa shape index (κ3) is 4.23. The highest BCUT2D eigenvalue weighted by Crippen LogP contribution is 2.29. The molecule has 1 aliphatic heterocycles. The maximum atomic E-state index is 12.7. The second-order valence-corrected chi connectivity index (χ2v) is 10.2. The Morgan fingerprint density at radius 2 is 1.93 bits per heavy atom. The predicted octanol–water partition coefficient (Wildman–Crippen LogP) is 1.50. The van der Waals surface area contributed by atoms with Gasteiger partial charge in [-0.15, -0.1) is 11.3 Å². The molecule has 1 aliphatic rings. The molecule has 3 rings (SSSR count). The SMILES string of the molecule is CCOC(=O)c1sc2nc(C(C)N3CCN(S(=O)(=O)CC)CC3)[nH]c(=O)c2c1C. The van der Waals surface area contributed by atoms with E-state index in [1.165, 1.54) is 4.31 Å². The van der Waals surface area contributed by atoms with Crippen molar-refractivity contribution in [2.75, 3.05) is 38.5 Å². The Balaban J connectivity index is 1.85. The number of ether oxygens (including phenoxy) is 1. The quantitative estimate of drug-likeness (QED) is 0.675. The van der Waals surface area contributed by atoms with E-state index in [4.69, 9.17) is 4.74 Å². The normalized spacial score (nSPS) is 17.5. The van der Waals surface area contributed by atoms with Gasteiger partial charge in [-0.05, 0) is 33.3 Å². The van der Waals surface area contributed by atoms with Gasteiger partial charge >= 0.3 is 5.97 Å². The highest BCUT2D eigenvalue weighted by Gasteiger charge is 2.29. The zero-order valence-electron chi connectivity index (χ0n) is 17.0. The molecule has 0 radical (unpaired) electrons. The van der Waals surface area contributed by atoms with Gasteiger partial charge in [0, 0.05) is 26.2 Å². The van der Waals surface area contributed by atoms with Crippen LogP contribution in [0.15, 0.2) is 4.79 Å². The van der Waals surface area contributed by atoms with E-state index in [-0.39, 0.29) is 24.0 Å². The molecule has 0 aliphatic carbocycles. The molecule has 11 heteroatoms. The van der Waals surface area contributed by atoms with Gasteiger partial charge in [-0.3, -0.25) is 9.69 Å². The van der Waals surface area contributed by atoms with E-state index in [0.717, 1.165) is 11.3 Å². The Hall–Kier alpha value is -1.82. The van der Waals surface area contributed by atoms with Crippen molar-refractivity contribution in [2.24, 2.45) is 0 Å². The number of rotatable bonds is 6. The fraction of sp³-hybridized carbons (Fsp3) is 0.611. The standard InChI is InChI=1S/C18H26N4O5S2/c1-5-27-18(24)14-11(3)13-16(23)19-15(20-17(13)28-14)12(4)21-7-9-22(10-8-21)29(25,26)6-2/h12H,5-10H2,1-4H3,(H,19,20,23). The van der Waals surface area contributed by atoms with Gasteiger partial charge in [0.15, 0.2) is 0 Å². The minimum Gasteiger partial charge on any atom is -0.462 e. The number of aromatic nitrogens is 2. The molecule has 3 heterocycles. The van der Waals surface area contributed by atoms with E-state index in [0.29, 0.717) is 52.7 Å². The van der Waals surface area contributed by atoms with Crippen molar-refractivity contribution in [1.82, 2.24) is 19.2 Å². The number of hydrogen-bond acceptors (Lipinski definition) is 8. The van der Waals surface area contributed by atoms with Crippen LogP contribution in [0.4, 0.5) is 0 Å². The summed E-state index contributed by atoms with van der Waals surface area (Å²) in [6.07, 6.45) is 0. The summed E-state index contributed by atoms with van der Waals surface area (Å²) in [5, 5.41) is 0.410. The number of carbonyl (C=O) groups is 1. The first-order chi connectivity index (χ1) is 13.7. The zero-order valence-corrected chi connectivity index (χ0v) is 18.7. The number of aryl methyl sites for hydroxylation is 1. The van der Waals surface area contributed by atoms with Crippen molar-refractivity contribution in [3.05, 3.63) is 26.6 Å². The third-order valence-corrected chi connectivity index (χ3v) is 8.30. The fourth-order valence-electron chi connectivity index (χ4n) is 3.47. The summed E-state index contributed by atoms with van der Waals surface area (Å²) in [6, 6.07) is -0.188. The van der Waals surface area contributed by atoms with Crippen molar-refractivity contribution in [1.29, 1.82) is 0 Å². The van der Waals surface area contributed by atoms with Crippen LogP contribution in [0.5, 0.6) is 0 Å². The fourth-order valence-corrected chi connectivity index (χ4v) is 5.64. The average molecular weight is 443 g/mol. The minimum atomic E-state index is -3.19. The van der Waals surface area contributed by atoms with Crippen molar-refractivity contribution >= 4 is 37.5 Å².